The van der Waals surface area contributed by atoms with Crippen LogP contribution in [0.3, 0.4) is 0 Å². The molecule has 0 aliphatic heterocycles. The van der Waals surface area contributed by atoms with Gasteiger partial charge in [-0.1, -0.05) is 6.07 Å². The highest BCUT2D eigenvalue weighted by atomic mass is 32.2. The number of aryl methyl sites for hydroxylation is 2. The zero-order valence-corrected chi connectivity index (χ0v) is 12.0. The molecule has 0 atom stereocenters. The van der Waals surface area contributed by atoms with Crippen LogP contribution in [0.5, 0.6) is 0 Å². The highest BCUT2D eigenvalue weighted by Crippen LogP contribution is 2.20. The largest absolute Gasteiger partial charge is 0.379 e. The van der Waals surface area contributed by atoms with Crippen molar-refractivity contribution < 1.29 is 8.42 Å². The maximum atomic E-state index is 11.7. The quantitative estimate of drug-likeness (QED) is 0.926. The molecule has 0 saturated carbocycles. The van der Waals surface area contributed by atoms with Gasteiger partial charge in [-0.3, -0.25) is 4.68 Å². The van der Waals surface area contributed by atoms with Crippen molar-refractivity contribution in [2.75, 3.05) is 11.6 Å². The molecule has 0 fully saturated rings. The second-order valence-corrected chi connectivity index (χ2v) is 6.54. The molecular weight excluding hydrogens is 262 g/mol. The van der Waals surface area contributed by atoms with Crippen LogP contribution in [0.15, 0.2) is 35.4 Å². The van der Waals surface area contributed by atoms with Crippen molar-refractivity contribution in [3.63, 3.8) is 0 Å². The standard InChI is InChI=1S/C13H17N3O2S/c1-10-4-5-11(8-13(10)19(3,17)18)14-9-12-6-7-15-16(12)2/h4-8,14H,9H2,1-3H3. The van der Waals surface area contributed by atoms with Crippen molar-refractivity contribution in [3.05, 3.63) is 41.7 Å². The Morgan fingerprint density at radius 1 is 1.32 bits per heavy atom. The summed E-state index contributed by atoms with van der Waals surface area (Å²) in [5, 5.41) is 7.28. The van der Waals surface area contributed by atoms with Crippen LogP contribution in [0.1, 0.15) is 11.3 Å². The van der Waals surface area contributed by atoms with Crippen LogP contribution >= 0.6 is 0 Å². The number of sulfone groups is 1. The Morgan fingerprint density at radius 3 is 2.63 bits per heavy atom. The lowest BCUT2D eigenvalue weighted by Gasteiger charge is -2.10. The number of nitrogens with zero attached hydrogens (tertiary/aromatic N) is 2. The summed E-state index contributed by atoms with van der Waals surface area (Å²) in [6.45, 7) is 2.39. The minimum atomic E-state index is -3.19. The maximum Gasteiger partial charge on any atom is 0.175 e. The smallest absolute Gasteiger partial charge is 0.175 e. The Hall–Kier alpha value is -1.82. The second kappa shape index (κ2) is 5.05. The third-order valence-corrected chi connectivity index (χ3v) is 4.22. The van der Waals surface area contributed by atoms with Gasteiger partial charge in [0.15, 0.2) is 9.84 Å². The number of hydrogen-bond acceptors (Lipinski definition) is 4. The predicted molar refractivity (Wildman–Crippen MR) is 74.8 cm³/mol. The lowest BCUT2D eigenvalue weighted by molar-refractivity contribution is 0.601. The van der Waals surface area contributed by atoms with Gasteiger partial charge in [0, 0.05) is 25.2 Å². The van der Waals surface area contributed by atoms with E-state index in [-0.39, 0.29) is 0 Å². The Labute approximate surface area is 113 Å². The summed E-state index contributed by atoms with van der Waals surface area (Å²) in [4.78, 5) is 0.363. The van der Waals surface area contributed by atoms with E-state index in [4.69, 9.17) is 0 Å². The molecule has 2 rings (SSSR count). The van der Waals surface area contributed by atoms with Crippen molar-refractivity contribution in [1.29, 1.82) is 0 Å². The van der Waals surface area contributed by atoms with Gasteiger partial charge >= 0.3 is 0 Å². The van der Waals surface area contributed by atoms with Crippen molar-refractivity contribution in [2.24, 2.45) is 7.05 Å². The SMILES string of the molecule is Cc1ccc(NCc2ccnn2C)cc1S(C)(=O)=O. The zero-order valence-electron chi connectivity index (χ0n) is 11.2. The molecule has 0 aliphatic carbocycles. The van der Waals surface area contributed by atoms with Gasteiger partial charge in [0.25, 0.3) is 0 Å². The first-order valence-electron chi connectivity index (χ1n) is 5.89. The van der Waals surface area contributed by atoms with Gasteiger partial charge in [-0.05, 0) is 30.7 Å². The zero-order chi connectivity index (χ0) is 14.0. The van der Waals surface area contributed by atoms with Gasteiger partial charge < -0.3 is 5.32 Å². The molecule has 5 nitrogen and oxygen atoms in total. The maximum absolute atomic E-state index is 11.7. The Morgan fingerprint density at radius 2 is 2.05 bits per heavy atom. The van der Waals surface area contributed by atoms with Crippen LogP contribution in [-0.4, -0.2) is 24.5 Å². The lowest BCUT2D eigenvalue weighted by Crippen LogP contribution is -2.07. The lowest BCUT2D eigenvalue weighted by atomic mass is 10.2. The second-order valence-electron chi connectivity index (χ2n) is 4.55. The fraction of sp³-hybridized carbons (Fsp3) is 0.308. The monoisotopic (exact) mass is 279 g/mol. The molecule has 1 heterocycles. The van der Waals surface area contributed by atoms with Crippen LogP contribution in [-0.2, 0) is 23.4 Å². The minimum absolute atomic E-state index is 0.363. The van der Waals surface area contributed by atoms with Gasteiger partial charge in [0.05, 0.1) is 17.1 Å². The third-order valence-electron chi connectivity index (χ3n) is 2.98. The highest BCUT2D eigenvalue weighted by Gasteiger charge is 2.11. The molecule has 102 valence electrons. The molecule has 0 saturated heterocycles. The molecule has 2 aromatic rings. The summed E-state index contributed by atoms with van der Waals surface area (Å²) >= 11 is 0. The number of nitrogens with one attached hydrogen (secondary N) is 1. The van der Waals surface area contributed by atoms with Crippen LogP contribution in [0.4, 0.5) is 5.69 Å². The molecular formula is C13H17N3O2S. The van der Waals surface area contributed by atoms with E-state index in [9.17, 15) is 8.42 Å². The fourth-order valence-corrected chi connectivity index (χ4v) is 2.87. The van der Waals surface area contributed by atoms with Gasteiger partial charge in [-0.2, -0.15) is 5.10 Å². The topological polar surface area (TPSA) is 64.0 Å². The number of benzene rings is 1. The summed E-state index contributed by atoms with van der Waals surface area (Å²) in [6.07, 6.45) is 2.95. The van der Waals surface area contributed by atoms with Crippen molar-refractivity contribution in [2.45, 2.75) is 18.4 Å². The highest BCUT2D eigenvalue weighted by molar-refractivity contribution is 7.90. The van der Waals surface area contributed by atoms with E-state index in [1.807, 2.05) is 25.2 Å². The van der Waals surface area contributed by atoms with Crippen LogP contribution in [0.25, 0.3) is 0 Å². The first-order chi connectivity index (χ1) is 8.88. The van der Waals surface area contributed by atoms with E-state index in [0.29, 0.717) is 11.4 Å². The molecule has 1 aromatic carbocycles. The Balaban J connectivity index is 2.21. The van der Waals surface area contributed by atoms with E-state index in [2.05, 4.69) is 10.4 Å². The van der Waals surface area contributed by atoms with Gasteiger partial charge in [0.2, 0.25) is 0 Å². The van der Waals surface area contributed by atoms with E-state index >= 15 is 0 Å². The molecule has 6 heteroatoms. The minimum Gasteiger partial charge on any atom is -0.379 e. The molecule has 0 unspecified atom stereocenters. The molecule has 0 aliphatic rings. The summed E-state index contributed by atoms with van der Waals surface area (Å²) < 4.78 is 25.1. The average molecular weight is 279 g/mol. The third kappa shape index (κ3) is 3.14. The predicted octanol–water partition coefficient (Wildman–Crippen LogP) is 1.74. The summed E-state index contributed by atoms with van der Waals surface area (Å²) in [5.74, 6) is 0. The van der Waals surface area contributed by atoms with Gasteiger partial charge in [-0.15, -0.1) is 0 Å². The molecule has 1 N–H and O–H groups in total. The van der Waals surface area contributed by atoms with Crippen molar-refractivity contribution >= 4 is 15.5 Å². The van der Waals surface area contributed by atoms with Crippen molar-refractivity contribution in [1.82, 2.24) is 9.78 Å². The average Bonchev–Trinajstić information content (AvgIpc) is 2.72. The van der Waals surface area contributed by atoms with Crippen LogP contribution < -0.4 is 5.32 Å². The number of hydrogen-bond donors (Lipinski definition) is 1. The first kappa shape index (κ1) is 13.6. The van der Waals surface area contributed by atoms with Crippen LogP contribution in [0, 0.1) is 6.92 Å². The van der Waals surface area contributed by atoms with Gasteiger partial charge in [0.1, 0.15) is 0 Å². The molecule has 0 bridgehead atoms. The Kier molecular flexibility index (Phi) is 3.61. The molecule has 1 aromatic heterocycles. The van der Waals surface area contributed by atoms with E-state index in [0.717, 1.165) is 16.9 Å². The van der Waals surface area contributed by atoms with Gasteiger partial charge in [-0.25, -0.2) is 8.42 Å². The molecule has 0 spiro atoms. The first-order valence-corrected chi connectivity index (χ1v) is 7.78. The van der Waals surface area contributed by atoms with E-state index < -0.39 is 9.84 Å². The van der Waals surface area contributed by atoms with Crippen LogP contribution in [0.2, 0.25) is 0 Å². The fourth-order valence-electron chi connectivity index (χ4n) is 1.88. The summed E-state index contributed by atoms with van der Waals surface area (Å²) in [7, 11) is -1.32. The Bertz CT molecular complexity index is 690. The molecule has 0 amide bonds. The summed E-state index contributed by atoms with van der Waals surface area (Å²) in [6, 6.07) is 7.27. The molecule has 19 heavy (non-hydrogen) atoms. The number of anilines is 1. The van der Waals surface area contributed by atoms with E-state index in [1.54, 1.807) is 23.9 Å². The van der Waals surface area contributed by atoms with Crippen molar-refractivity contribution in [3.8, 4) is 0 Å². The normalized spacial score (nSPS) is 11.5. The number of aromatic nitrogens is 2. The summed E-state index contributed by atoms with van der Waals surface area (Å²) in [5.41, 5.74) is 2.57. The molecule has 0 radical (unpaired) electrons. The van der Waals surface area contributed by atoms with E-state index in [1.165, 1.54) is 6.26 Å². The number of rotatable bonds is 4.